The van der Waals surface area contributed by atoms with Crippen molar-refractivity contribution in [3.05, 3.63) is 42.5 Å². The van der Waals surface area contributed by atoms with Crippen molar-refractivity contribution in [3.8, 4) is 0 Å². The molecule has 0 saturated carbocycles. The summed E-state index contributed by atoms with van der Waals surface area (Å²) in [6, 6.07) is 7.58. The van der Waals surface area contributed by atoms with Crippen LogP contribution in [0.2, 0.25) is 0 Å². The number of hydrogen-bond acceptors (Lipinski definition) is 3. The number of nitrogens with one attached hydrogen (secondary N) is 2. The molecule has 2 amide bonds. The van der Waals surface area contributed by atoms with Crippen LogP contribution in [-0.2, 0) is 9.59 Å². The highest BCUT2D eigenvalue weighted by Gasteiger charge is 2.05. The average molecular weight is 278 g/mol. The van der Waals surface area contributed by atoms with Crippen LogP contribution in [0.1, 0.15) is 5.56 Å². The highest BCUT2D eigenvalue weighted by Crippen LogP contribution is 2.09. The van der Waals surface area contributed by atoms with Gasteiger partial charge in [-0.25, -0.2) is 0 Å². The van der Waals surface area contributed by atoms with E-state index in [0.29, 0.717) is 6.54 Å². The van der Waals surface area contributed by atoms with Gasteiger partial charge in [0.15, 0.2) is 0 Å². The van der Waals surface area contributed by atoms with Gasteiger partial charge in [0, 0.05) is 12.2 Å². The molecule has 0 bridgehead atoms. The van der Waals surface area contributed by atoms with E-state index in [1.807, 2.05) is 31.2 Å². The lowest BCUT2D eigenvalue weighted by atomic mass is 10.2. The lowest BCUT2D eigenvalue weighted by Gasteiger charge is -2.05. The summed E-state index contributed by atoms with van der Waals surface area (Å²) in [5.41, 5.74) is 1.92. The zero-order valence-corrected chi connectivity index (χ0v) is 11.8. The second kappa shape index (κ2) is 8.37. The summed E-state index contributed by atoms with van der Waals surface area (Å²) >= 11 is 1.28. The quantitative estimate of drug-likeness (QED) is 0.750. The van der Waals surface area contributed by atoms with Gasteiger partial charge in [-0.2, -0.15) is 0 Å². The molecule has 1 aromatic carbocycles. The number of rotatable bonds is 7. The van der Waals surface area contributed by atoms with E-state index in [1.54, 1.807) is 6.08 Å². The first-order chi connectivity index (χ1) is 9.11. The number of carbonyl (C=O) groups is 2. The highest BCUT2D eigenvalue weighted by molar-refractivity contribution is 8.00. The standard InChI is InChI=1S/C14H18N2O2S/c1-3-8-15-13(17)9-19-10-14(18)16-12-6-4-11(2)5-7-12/h3-7H,1,8-10H2,2H3,(H,15,17)(H,16,18). The predicted octanol–water partition coefficient (Wildman–Crippen LogP) is 1.97. The van der Waals surface area contributed by atoms with E-state index in [4.69, 9.17) is 0 Å². The Hall–Kier alpha value is -1.75. The molecule has 5 heteroatoms. The van der Waals surface area contributed by atoms with Crippen LogP contribution >= 0.6 is 11.8 Å². The molecule has 0 spiro atoms. The number of aryl methyl sites for hydroxylation is 1. The maximum atomic E-state index is 11.6. The monoisotopic (exact) mass is 278 g/mol. The normalized spacial score (nSPS) is 9.74. The molecule has 0 fully saturated rings. The summed E-state index contributed by atoms with van der Waals surface area (Å²) in [5, 5.41) is 5.43. The van der Waals surface area contributed by atoms with Gasteiger partial charge in [-0.1, -0.05) is 23.8 Å². The molecule has 102 valence electrons. The molecule has 1 aromatic rings. The fraction of sp³-hybridized carbons (Fsp3) is 0.286. The van der Waals surface area contributed by atoms with Crippen molar-refractivity contribution in [2.45, 2.75) is 6.92 Å². The Morgan fingerprint density at radius 1 is 1.21 bits per heavy atom. The molecule has 0 unspecified atom stereocenters. The van der Waals surface area contributed by atoms with E-state index >= 15 is 0 Å². The molecule has 19 heavy (non-hydrogen) atoms. The summed E-state index contributed by atoms with van der Waals surface area (Å²) in [6.07, 6.45) is 1.62. The molecular weight excluding hydrogens is 260 g/mol. The van der Waals surface area contributed by atoms with Gasteiger partial charge in [-0.15, -0.1) is 18.3 Å². The maximum absolute atomic E-state index is 11.6. The Balaban J connectivity index is 2.22. The smallest absolute Gasteiger partial charge is 0.234 e. The van der Waals surface area contributed by atoms with Gasteiger partial charge in [0.05, 0.1) is 11.5 Å². The van der Waals surface area contributed by atoms with E-state index in [-0.39, 0.29) is 23.3 Å². The molecule has 4 nitrogen and oxygen atoms in total. The second-order valence-electron chi connectivity index (χ2n) is 4.00. The minimum absolute atomic E-state index is 0.0898. The van der Waals surface area contributed by atoms with Gasteiger partial charge in [0.25, 0.3) is 0 Å². The fourth-order valence-electron chi connectivity index (χ4n) is 1.31. The van der Waals surface area contributed by atoms with Crippen molar-refractivity contribution < 1.29 is 9.59 Å². The van der Waals surface area contributed by atoms with Gasteiger partial charge in [-0.3, -0.25) is 9.59 Å². The fourth-order valence-corrected chi connectivity index (χ4v) is 1.95. The van der Waals surface area contributed by atoms with Crippen molar-refractivity contribution in [1.82, 2.24) is 5.32 Å². The predicted molar refractivity (Wildman–Crippen MR) is 80.3 cm³/mol. The molecule has 0 aromatic heterocycles. The third-order valence-corrected chi connectivity index (χ3v) is 3.18. The van der Waals surface area contributed by atoms with Crippen molar-refractivity contribution in [2.75, 3.05) is 23.4 Å². The van der Waals surface area contributed by atoms with Crippen molar-refractivity contribution in [2.24, 2.45) is 0 Å². The Kier molecular flexibility index (Phi) is 6.74. The van der Waals surface area contributed by atoms with Crippen LogP contribution in [-0.4, -0.2) is 29.9 Å². The first-order valence-electron chi connectivity index (χ1n) is 5.93. The lowest BCUT2D eigenvalue weighted by molar-refractivity contribution is -0.118. The van der Waals surface area contributed by atoms with E-state index < -0.39 is 0 Å². The molecule has 0 radical (unpaired) electrons. The third-order valence-electron chi connectivity index (χ3n) is 2.25. The Labute approximate surface area is 117 Å². The van der Waals surface area contributed by atoms with E-state index in [1.165, 1.54) is 11.8 Å². The largest absolute Gasteiger partial charge is 0.352 e. The molecule has 1 rings (SSSR count). The van der Waals surface area contributed by atoms with Gasteiger partial charge in [-0.05, 0) is 19.1 Å². The third kappa shape index (κ3) is 6.67. The number of benzene rings is 1. The summed E-state index contributed by atoms with van der Waals surface area (Å²) in [6.45, 7) is 5.95. The number of anilines is 1. The Morgan fingerprint density at radius 3 is 2.47 bits per heavy atom. The molecular formula is C14H18N2O2S. The number of carbonyl (C=O) groups excluding carboxylic acids is 2. The van der Waals surface area contributed by atoms with Crippen LogP contribution in [0.25, 0.3) is 0 Å². The van der Waals surface area contributed by atoms with Crippen molar-refractivity contribution in [1.29, 1.82) is 0 Å². The Bertz CT molecular complexity index is 443. The van der Waals surface area contributed by atoms with E-state index in [0.717, 1.165) is 11.3 Å². The maximum Gasteiger partial charge on any atom is 0.234 e. The van der Waals surface area contributed by atoms with Crippen LogP contribution in [0, 0.1) is 6.92 Å². The van der Waals surface area contributed by atoms with Crippen LogP contribution in [0.15, 0.2) is 36.9 Å². The number of amides is 2. The van der Waals surface area contributed by atoms with Crippen LogP contribution in [0.5, 0.6) is 0 Å². The second-order valence-corrected chi connectivity index (χ2v) is 4.99. The highest BCUT2D eigenvalue weighted by atomic mass is 32.2. The first kappa shape index (κ1) is 15.3. The van der Waals surface area contributed by atoms with Crippen molar-refractivity contribution in [3.63, 3.8) is 0 Å². The first-order valence-corrected chi connectivity index (χ1v) is 7.09. The van der Waals surface area contributed by atoms with Gasteiger partial charge in [0.1, 0.15) is 0 Å². The SMILES string of the molecule is C=CCNC(=O)CSCC(=O)Nc1ccc(C)cc1. The van der Waals surface area contributed by atoms with Crippen LogP contribution in [0.4, 0.5) is 5.69 Å². The molecule has 0 heterocycles. The Morgan fingerprint density at radius 2 is 1.84 bits per heavy atom. The number of thioether (sulfide) groups is 1. The van der Waals surface area contributed by atoms with Gasteiger partial charge < -0.3 is 10.6 Å². The van der Waals surface area contributed by atoms with Crippen LogP contribution < -0.4 is 10.6 Å². The summed E-state index contributed by atoms with van der Waals surface area (Å²) < 4.78 is 0. The zero-order valence-electron chi connectivity index (χ0n) is 10.9. The topological polar surface area (TPSA) is 58.2 Å². The summed E-state index contributed by atoms with van der Waals surface area (Å²) in [5.74, 6) is 0.336. The molecule has 0 atom stereocenters. The average Bonchev–Trinajstić information content (AvgIpc) is 2.39. The molecule has 2 N–H and O–H groups in total. The minimum atomic E-state index is -0.106. The summed E-state index contributed by atoms with van der Waals surface area (Å²) in [7, 11) is 0. The lowest BCUT2D eigenvalue weighted by Crippen LogP contribution is -2.26. The zero-order chi connectivity index (χ0) is 14.1. The van der Waals surface area contributed by atoms with Gasteiger partial charge >= 0.3 is 0 Å². The number of hydrogen-bond donors (Lipinski definition) is 2. The minimum Gasteiger partial charge on any atom is -0.352 e. The molecule has 0 aliphatic heterocycles. The summed E-state index contributed by atoms with van der Waals surface area (Å²) in [4.78, 5) is 22.9. The van der Waals surface area contributed by atoms with Crippen molar-refractivity contribution >= 4 is 29.3 Å². The van der Waals surface area contributed by atoms with Gasteiger partial charge in [0.2, 0.25) is 11.8 Å². The molecule has 0 saturated heterocycles. The molecule has 0 aliphatic carbocycles. The van der Waals surface area contributed by atoms with E-state index in [2.05, 4.69) is 17.2 Å². The van der Waals surface area contributed by atoms with E-state index in [9.17, 15) is 9.59 Å². The van der Waals surface area contributed by atoms with Crippen LogP contribution in [0.3, 0.4) is 0 Å². The molecule has 0 aliphatic rings.